The van der Waals surface area contributed by atoms with Gasteiger partial charge in [-0.05, 0) is 48.9 Å². The van der Waals surface area contributed by atoms with Gasteiger partial charge in [0.05, 0.1) is 31.5 Å². The van der Waals surface area contributed by atoms with E-state index in [0.29, 0.717) is 30.2 Å². The van der Waals surface area contributed by atoms with Gasteiger partial charge in [0, 0.05) is 19.8 Å². The van der Waals surface area contributed by atoms with Gasteiger partial charge in [-0.3, -0.25) is 4.79 Å². The molecule has 0 aliphatic heterocycles. The van der Waals surface area contributed by atoms with Crippen LogP contribution in [0.1, 0.15) is 16.1 Å². The van der Waals surface area contributed by atoms with Crippen molar-refractivity contribution >= 4 is 48.6 Å². The van der Waals surface area contributed by atoms with Crippen LogP contribution in [0.4, 0.5) is 0 Å². The molecular formula is C23H22N2O4S3. The largest absolute Gasteiger partial charge is 0.493 e. The van der Waals surface area contributed by atoms with Crippen LogP contribution in [0.5, 0.6) is 5.75 Å². The molecule has 4 rings (SSSR count). The van der Waals surface area contributed by atoms with Crippen LogP contribution in [-0.2, 0) is 9.84 Å². The molecule has 2 aromatic heterocycles. The van der Waals surface area contributed by atoms with Crippen molar-refractivity contribution in [1.29, 1.82) is 0 Å². The molecule has 2 aromatic carbocycles. The van der Waals surface area contributed by atoms with E-state index in [2.05, 4.69) is 4.98 Å². The standard InChI is InChI=1S/C23H22N2O4S3/c1-25(13-6-14-29-16-7-5-8-17(15-16)32(2,27)28)23(26)21-12-11-20(30-21)22-24-18-9-3-4-10-19(18)31-22/h3-5,7-12,15H,6,13-14H2,1-2H3. The summed E-state index contributed by atoms with van der Waals surface area (Å²) in [5.41, 5.74) is 0.966. The fourth-order valence-electron chi connectivity index (χ4n) is 3.12. The smallest absolute Gasteiger partial charge is 0.263 e. The highest BCUT2D eigenvalue weighted by atomic mass is 32.2. The van der Waals surface area contributed by atoms with Crippen LogP contribution in [0, 0.1) is 0 Å². The monoisotopic (exact) mass is 486 g/mol. The number of hydrogen-bond donors (Lipinski definition) is 0. The second kappa shape index (κ2) is 9.40. The maximum atomic E-state index is 12.8. The lowest BCUT2D eigenvalue weighted by molar-refractivity contribution is 0.0792. The minimum Gasteiger partial charge on any atom is -0.493 e. The third-order valence-electron chi connectivity index (χ3n) is 4.81. The first kappa shape index (κ1) is 22.4. The Bertz CT molecular complexity index is 1330. The molecule has 0 unspecified atom stereocenters. The summed E-state index contributed by atoms with van der Waals surface area (Å²) in [6.07, 6.45) is 1.79. The number of aromatic nitrogens is 1. The zero-order valence-electron chi connectivity index (χ0n) is 17.6. The van der Waals surface area contributed by atoms with Gasteiger partial charge in [-0.15, -0.1) is 22.7 Å². The molecule has 0 aliphatic rings. The molecule has 0 bridgehead atoms. The number of hydrogen-bond acceptors (Lipinski definition) is 7. The molecule has 0 radical (unpaired) electrons. The van der Waals surface area contributed by atoms with E-state index in [-0.39, 0.29) is 10.8 Å². The Kier molecular flexibility index (Phi) is 6.59. The molecule has 4 aromatic rings. The maximum Gasteiger partial charge on any atom is 0.263 e. The zero-order chi connectivity index (χ0) is 22.7. The highest BCUT2D eigenvalue weighted by Crippen LogP contribution is 2.34. The van der Waals surface area contributed by atoms with Crippen molar-refractivity contribution in [3.05, 3.63) is 65.5 Å². The predicted octanol–water partition coefficient (Wildman–Crippen LogP) is 4.97. The zero-order valence-corrected chi connectivity index (χ0v) is 20.1. The lowest BCUT2D eigenvalue weighted by atomic mass is 10.3. The van der Waals surface area contributed by atoms with Crippen molar-refractivity contribution in [3.63, 3.8) is 0 Å². The number of fused-ring (bicyclic) bond motifs is 1. The number of benzene rings is 2. The predicted molar refractivity (Wildman–Crippen MR) is 130 cm³/mol. The summed E-state index contributed by atoms with van der Waals surface area (Å²) < 4.78 is 30.1. The average molecular weight is 487 g/mol. The lowest BCUT2D eigenvalue weighted by Crippen LogP contribution is -2.28. The minimum atomic E-state index is -3.27. The molecule has 1 amide bonds. The number of para-hydroxylation sites is 1. The van der Waals surface area contributed by atoms with Crippen molar-refractivity contribution in [2.24, 2.45) is 0 Å². The van der Waals surface area contributed by atoms with E-state index in [0.717, 1.165) is 20.1 Å². The molecule has 0 saturated heterocycles. The van der Waals surface area contributed by atoms with Gasteiger partial charge in [-0.2, -0.15) is 0 Å². The number of thiophene rings is 1. The SMILES string of the molecule is CN(CCCOc1cccc(S(C)(=O)=O)c1)C(=O)c1ccc(-c2nc3ccccc3s2)s1. The summed E-state index contributed by atoms with van der Waals surface area (Å²) in [5.74, 6) is 0.460. The topological polar surface area (TPSA) is 76.6 Å². The number of thiazole rings is 1. The van der Waals surface area contributed by atoms with Crippen LogP contribution in [0.2, 0.25) is 0 Å². The molecule has 0 atom stereocenters. The van der Waals surface area contributed by atoms with Crippen molar-refractivity contribution in [1.82, 2.24) is 9.88 Å². The van der Waals surface area contributed by atoms with Crippen LogP contribution in [0.3, 0.4) is 0 Å². The molecule has 9 heteroatoms. The number of nitrogens with zero attached hydrogens (tertiary/aromatic N) is 2. The lowest BCUT2D eigenvalue weighted by Gasteiger charge is -2.16. The fourth-order valence-corrected chi connectivity index (χ4v) is 5.80. The summed E-state index contributed by atoms with van der Waals surface area (Å²) in [6, 6.07) is 18.2. The fraction of sp³-hybridized carbons (Fsp3) is 0.217. The normalized spacial score (nSPS) is 11.6. The van der Waals surface area contributed by atoms with E-state index in [9.17, 15) is 13.2 Å². The van der Waals surface area contributed by atoms with Crippen molar-refractivity contribution < 1.29 is 17.9 Å². The number of ether oxygens (including phenoxy) is 1. The van der Waals surface area contributed by atoms with Gasteiger partial charge >= 0.3 is 0 Å². The van der Waals surface area contributed by atoms with Crippen molar-refractivity contribution in [3.8, 4) is 15.6 Å². The molecule has 166 valence electrons. The number of amides is 1. The highest BCUT2D eigenvalue weighted by molar-refractivity contribution is 7.90. The van der Waals surface area contributed by atoms with Gasteiger partial charge in [0.25, 0.3) is 5.91 Å². The Labute approximate surface area is 195 Å². The minimum absolute atomic E-state index is 0.0403. The van der Waals surface area contributed by atoms with E-state index in [1.807, 2.05) is 36.4 Å². The molecule has 0 aliphatic carbocycles. The van der Waals surface area contributed by atoms with Crippen LogP contribution >= 0.6 is 22.7 Å². The third kappa shape index (κ3) is 5.17. The molecule has 6 nitrogen and oxygen atoms in total. The molecule has 0 fully saturated rings. The Morgan fingerprint density at radius 2 is 1.88 bits per heavy atom. The first-order chi connectivity index (χ1) is 15.3. The maximum absolute atomic E-state index is 12.8. The van der Waals surface area contributed by atoms with Crippen LogP contribution in [0.15, 0.2) is 65.6 Å². The van der Waals surface area contributed by atoms with Gasteiger partial charge in [0.15, 0.2) is 9.84 Å². The average Bonchev–Trinajstić information content (AvgIpc) is 3.42. The quantitative estimate of drug-likeness (QED) is 0.329. The van der Waals surface area contributed by atoms with Crippen LogP contribution < -0.4 is 4.74 Å². The molecular weight excluding hydrogens is 464 g/mol. The Balaban J connectivity index is 1.32. The first-order valence-electron chi connectivity index (χ1n) is 9.95. The van der Waals surface area contributed by atoms with Crippen LogP contribution in [-0.4, -0.2) is 50.7 Å². The van der Waals surface area contributed by atoms with E-state index >= 15 is 0 Å². The Morgan fingerprint density at radius 1 is 1.06 bits per heavy atom. The third-order valence-corrected chi connectivity index (χ3v) is 8.20. The molecule has 32 heavy (non-hydrogen) atoms. The van der Waals surface area contributed by atoms with Crippen molar-refractivity contribution in [2.45, 2.75) is 11.3 Å². The number of carbonyl (C=O) groups excluding carboxylic acids is 1. The molecule has 2 heterocycles. The number of sulfone groups is 1. The van der Waals surface area contributed by atoms with Gasteiger partial charge in [0.2, 0.25) is 0 Å². The van der Waals surface area contributed by atoms with Crippen LogP contribution in [0.25, 0.3) is 20.1 Å². The molecule has 0 spiro atoms. The van der Waals surface area contributed by atoms with Gasteiger partial charge in [0.1, 0.15) is 10.8 Å². The first-order valence-corrected chi connectivity index (χ1v) is 13.5. The van der Waals surface area contributed by atoms with Crippen molar-refractivity contribution in [2.75, 3.05) is 26.5 Å². The second-order valence-electron chi connectivity index (χ2n) is 7.33. The van der Waals surface area contributed by atoms with E-state index in [1.165, 1.54) is 29.7 Å². The van der Waals surface area contributed by atoms with Gasteiger partial charge in [-0.25, -0.2) is 13.4 Å². The number of carbonyl (C=O) groups is 1. The van der Waals surface area contributed by atoms with E-state index in [1.54, 1.807) is 35.4 Å². The summed E-state index contributed by atoms with van der Waals surface area (Å²) in [5, 5.41) is 0.919. The summed E-state index contributed by atoms with van der Waals surface area (Å²) in [4.78, 5) is 21.0. The van der Waals surface area contributed by atoms with E-state index in [4.69, 9.17) is 4.74 Å². The highest BCUT2D eigenvalue weighted by Gasteiger charge is 2.16. The summed E-state index contributed by atoms with van der Waals surface area (Å²) >= 11 is 3.07. The Hall–Kier alpha value is -2.75. The van der Waals surface area contributed by atoms with Gasteiger partial charge < -0.3 is 9.64 Å². The second-order valence-corrected chi connectivity index (χ2v) is 11.5. The van der Waals surface area contributed by atoms with E-state index < -0.39 is 9.84 Å². The molecule has 0 saturated carbocycles. The Morgan fingerprint density at radius 3 is 2.66 bits per heavy atom. The molecule has 0 N–H and O–H groups in total. The summed E-state index contributed by atoms with van der Waals surface area (Å²) in [7, 11) is -1.51. The van der Waals surface area contributed by atoms with Gasteiger partial charge in [-0.1, -0.05) is 18.2 Å². The summed E-state index contributed by atoms with van der Waals surface area (Å²) in [6.45, 7) is 0.908. The number of rotatable bonds is 8.